The number of alkyl halides is 3. The minimum Gasteiger partial charge on any atom is -0.379 e. The fourth-order valence-electron chi connectivity index (χ4n) is 3.53. The van der Waals surface area contributed by atoms with Gasteiger partial charge in [-0.3, -0.25) is 9.69 Å². The molecule has 0 radical (unpaired) electrons. The Kier molecular flexibility index (Phi) is 7.24. The molecule has 8 nitrogen and oxygen atoms in total. The molecule has 0 aromatic carbocycles. The molecule has 0 unspecified atom stereocenters. The molecular formula is C19H27F3N6O2. The molecular weight excluding hydrogens is 401 g/mol. The third-order valence-corrected chi connectivity index (χ3v) is 5.23. The molecule has 0 bridgehead atoms. The van der Waals surface area contributed by atoms with Gasteiger partial charge in [0.15, 0.2) is 0 Å². The lowest BCUT2D eigenvalue weighted by molar-refractivity contribution is -0.144. The molecule has 2 aromatic heterocycles. The number of morpholine rings is 1. The van der Waals surface area contributed by atoms with Crippen molar-refractivity contribution in [3.63, 3.8) is 0 Å². The van der Waals surface area contributed by atoms with Crippen molar-refractivity contribution in [1.82, 2.24) is 29.8 Å². The third-order valence-electron chi connectivity index (χ3n) is 5.23. The minimum atomic E-state index is -4.63. The Balaban J connectivity index is 1.48. The highest BCUT2D eigenvalue weighted by molar-refractivity contribution is 5.76. The Morgan fingerprint density at radius 2 is 1.90 bits per heavy atom. The Bertz CT molecular complexity index is 877. The maximum absolute atomic E-state index is 12.9. The molecule has 3 rings (SSSR count). The van der Waals surface area contributed by atoms with Gasteiger partial charge in [0.05, 0.1) is 13.2 Å². The third kappa shape index (κ3) is 5.66. The number of amides is 1. The van der Waals surface area contributed by atoms with Crippen molar-refractivity contribution in [3.05, 3.63) is 22.8 Å². The topological polar surface area (TPSA) is 84.6 Å². The second kappa shape index (κ2) is 9.69. The normalized spacial score (nSPS) is 15.6. The highest BCUT2D eigenvalue weighted by Gasteiger charge is 2.36. The number of hydrogen-bond acceptors (Lipinski definition) is 6. The van der Waals surface area contributed by atoms with E-state index in [1.165, 1.54) is 0 Å². The van der Waals surface area contributed by atoms with Gasteiger partial charge in [0.1, 0.15) is 0 Å². The van der Waals surface area contributed by atoms with Gasteiger partial charge in [-0.05, 0) is 45.2 Å². The van der Waals surface area contributed by atoms with E-state index in [9.17, 15) is 18.0 Å². The van der Waals surface area contributed by atoms with Crippen LogP contribution < -0.4 is 5.32 Å². The summed E-state index contributed by atoms with van der Waals surface area (Å²) in [5.41, 5.74) is 1.78. The molecule has 1 N–H and O–H groups in total. The van der Waals surface area contributed by atoms with E-state index in [1.807, 2.05) is 0 Å². The van der Waals surface area contributed by atoms with Crippen LogP contribution in [0.25, 0.3) is 5.78 Å². The summed E-state index contributed by atoms with van der Waals surface area (Å²) in [4.78, 5) is 22.1. The first-order chi connectivity index (χ1) is 14.3. The van der Waals surface area contributed by atoms with Crippen molar-refractivity contribution in [3.8, 4) is 0 Å². The molecule has 0 atom stereocenters. The van der Waals surface area contributed by atoms with Crippen LogP contribution in [0.15, 0.2) is 0 Å². The van der Waals surface area contributed by atoms with Gasteiger partial charge in [0, 0.05) is 37.4 Å². The van der Waals surface area contributed by atoms with Gasteiger partial charge in [-0.25, -0.2) is 9.50 Å². The van der Waals surface area contributed by atoms with E-state index in [0.717, 1.165) is 50.2 Å². The first kappa shape index (κ1) is 22.4. The van der Waals surface area contributed by atoms with Crippen molar-refractivity contribution >= 4 is 11.7 Å². The average Bonchev–Trinajstić information content (AvgIpc) is 3.13. The first-order valence-electron chi connectivity index (χ1n) is 10.1. The van der Waals surface area contributed by atoms with Crippen LogP contribution in [-0.4, -0.2) is 69.8 Å². The van der Waals surface area contributed by atoms with Gasteiger partial charge in [0.25, 0.3) is 11.6 Å². The molecule has 0 saturated carbocycles. The van der Waals surface area contributed by atoms with Crippen LogP contribution in [0.5, 0.6) is 0 Å². The molecule has 1 amide bonds. The van der Waals surface area contributed by atoms with Gasteiger partial charge in [-0.1, -0.05) is 0 Å². The average molecular weight is 428 g/mol. The number of rotatable bonds is 8. The number of unbranched alkanes of at least 4 members (excludes halogenated alkanes) is 1. The first-order valence-corrected chi connectivity index (χ1v) is 10.1. The zero-order chi connectivity index (χ0) is 21.7. The fraction of sp³-hybridized carbons (Fsp3) is 0.684. The number of hydrogen-bond donors (Lipinski definition) is 1. The number of aromatic nitrogens is 4. The summed E-state index contributed by atoms with van der Waals surface area (Å²) < 4.78 is 45.0. The minimum absolute atomic E-state index is 0.0881. The van der Waals surface area contributed by atoms with E-state index < -0.39 is 12.0 Å². The van der Waals surface area contributed by atoms with E-state index in [4.69, 9.17) is 4.74 Å². The van der Waals surface area contributed by atoms with Gasteiger partial charge in [-0.2, -0.15) is 18.2 Å². The van der Waals surface area contributed by atoms with Crippen molar-refractivity contribution in [2.75, 3.05) is 39.4 Å². The molecule has 1 aliphatic heterocycles. The van der Waals surface area contributed by atoms with Crippen LogP contribution >= 0.6 is 0 Å². The number of aryl methyl sites for hydroxylation is 2. The SMILES string of the molecule is Cc1nc2nc(C(F)(F)F)nn2c(C)c1CCC(=O)NCCCCN1CCOCC1. The van der Waals surface area contributed by atoms with E-state index in [1.54, 1.807) is 13.8 Å². The van der Waals surface area contributed by atoms with Crippen LogP contribution in [0.3, 0.4) is 0 Å². The lowest BCUT2D eigenvalue weighted by Crippen LogP contribution is -2.37. The van der Waals surface area contributed by atoms with Gasteiger partial charge < -0.3 is 10.1 Å². The fourth-order valence-corrected chi connectivity index (χ4v) is 3.53. The molecule has 1 aliphatic rings. The van der Waals surface area contributed by atoms with Crippen molar-refractivity contribution in [1.29, 1.82) is 0 Å². The van der Waals surface area contributed by atoms with E-state index in [-0.39, 0.29) is 18.1 Å². The van der Waals surface area contributed by atoms with Crippen LogP contribution in [-0.2, 0) is 22.1 Å². The van der Waals surface area contributed by atoms with Gasteiger partial charge >= 0.3 is 6.18 Å². The van der Waals surface area contributed by atoms with Gasteiger partial charge in [0.2, 0.25) is 5.91 Å². The van der Waals surface area contributed by atoms with E-state index in [2.05, 4.69) is 25.3 Å². The summed E-state index contributed by atoms with van der Waals surface area (Å²) in [5, 5.41) is 6.43. The largest absolute Gasteiger partial charge is 0.453 e. The molecule has 2 aromatic rings. The Hall–Kier alpha value is -2.27. The smallest absolute Gasteiger partial charge is 0.379 e. The Labute approximate surface area is 172 Å². The second-order valence-corrected chi connectivity index (χ2v) is 7.42. The summed E-state index contributed by atoms with van der Waals surface area (Å²) in [6.07, 6.45) is -2.11. The number of carbonyl (C=O) groups is 1. The molecule has 11 heteroatoms. The molecule has 30 heavy (non-hydrogen) atoms. The summed E-state index contributed by atoms with van der Waals surface area (Å²) in [6.45, 7) is 8.45. The second-order valence-electron chi connectivity index (χ2n) is 7.42. The van der Waals surface area contributed by atoms with Gasteiger partial charge in [-0.15, -0.1) is 5.10 Å². The monoisotopic (exact) mass is 428 g/mol. The quantitative estimate of drug-likeness (QED) is 0.647. The highest BCUT2D eigenvalue weighted by atomic mass is 19.4. The Morgan fingerprint density at radius 3 is 2.60 bits per heavy atom. The Morgan fingerprint density at radius 1 is 1.17 bits per heavy atom. The molecule has 0 spiro atoms. The summed E-state index contributed by atoms with van der Waals surface area (Å²) >= 11 is 0. The van der Waals surface area contributed by atoms with Crippen LogP contribution in [0, 0.1) is 13.8 Å². The van der Waals surface area contributed by atoms with Crippen molar-refractivity contribution < 1.29 is 22.7 Å². The highest BCUT2D eigenvalue weighted by Crippen LogP contribution is 2.27. The molecule has 1 fully saturated rings. The number of fused-ring (bicyclic) bond motifs is 1. The molecule has 166 valence electrons. The summed E-state index contributed by atoms with van der Waals surface area (Å²) in [7, 11) is 0. The van der Waals surface area contributed by atoms with E-state index >= 15 is 0 Å². The summed E-state index contributed by atoms with van der Waals surface area (Å²) in [5.74, 6) is -1.40. The standard InChI is InChI=1S/C19H27F3N6O2/c1-13-15(14(2)28-18(24-13)25-17(26-28)19(20,21)22)5-6-16(29)23-7-3-4-8-27-9-11-30-12-10-27/h3-12H2,1-2H3,(H,23,29). The van der Waals surface area contributed by atoms with Crippen molar-refractivity contribution in [2.45, 2.75) is 45.7 Å². The molecule has 1 saturated heterocycles. The predicted octanol–water partition coefficient (Wildman–Crippen LogP) is 1.92. The lowest BCUT2D eigenvalue weighted by Gasteiger charge is -2.26. The lowest BCUT2D eigenvalue weighted by atomic mass is 10.1. The number of carbonyl (C=O) groups excluding carboxylic acids is 1. The van der Waals surface area contributed by atoms with Crippen LogP contribution in [0.2, 0.25) is 0 Å². The van der Waals surface area contributed by atoms with E-state index in [0.29, 0.717) is 29.9 Å². The number of nitrogens with zero attached hydrogens (tertiary/aromatic N) is 5. The summed E-state index contributed by atoms with van der Waals surface area (Å²) in [6, 6.07) is 0. The maximum atomic E-state index is 12.9. The number of halogens is 3. The van der Waals surface area contributed by atoms with Crippen LogP contribution in [0.1, 0.15) is 42.0 Å². The maximum Gasteiger partial charge on any atom is 0.453 e. The zero-order valence-electron chi connectivity index (χ0n) is 17.3. The predicted molar refractivity (Wildman–Crippen MR) is 103 cm³/mol. The number of ether oxygens (including phenoxy) is 1. The number of nitrogens with one attached hydrogen (secondary N) is 1. The molecule has 0 aliphatic carbocycles. The molecule has 3 heterocycles. The van der Waals surface area contributed by atoms with Crippen molar-refractivity contribution in [2.24, 2.45) is 0 Å². The van der Waals surface area contributed by atoms with Crippen LogP contribution in [0.4, 0.5) is 13.2 Å². The zero-order valence-corrected chi connectivity index (χ0v) is 17.3.